The molecule has 1 amide bonds. The van der Waals surface area contributed by atoms with E-state index in [4.69, 9.17) is 0 Å². The topological polar surface area (TPSA) is 98.3 Å². The summed E-state index contributed by atoms with van der Waals surface area (Å²) in [5, 5.41) is 12.3. The van der Waals surface area contributed by atoms with E-state index in [-0.39, 0.29) is 12.5 Å². The van der Waals surface area contributed by atoms with Gasteiger partial charge in [0.15, 0.2) is 0 Å². The van der Waals surface area contributed by atoms with E-state index in [1.165, 1.54) is 17.7 Å². The second kappa shape index (κ2) is 7.04. The third kappa shape index (κ3) is 3.14. The number of aliphatic hydroxyl groups is 1. The fourth-order valence-corrected chi connectivity index (χ4v) is 2.70. The molecule has 8 nitrogen and oxygen atoms in total. The molecule has 1 unspecified atom stereocenters. The number of fused-ring (bicyclic) bond motifs is 1. The molecule has 0 aliphatic rings. The normalized spacial score (nSPS) is 12.5. The standard InChI is InChI=1S/C16H24N4O4/c1-5-6-7-20-12(13(22)17-9-10(2)21)8-11-14(20)18(3)16(24)19(4)15(11)23/h8,10,21H,5-7,9H2,1-4H3,(H,17,22). The first kappa shape index (κ1) is 18.0. The van der Waals surface area contributed by atoms with Crippen molar-refractivity contribution in [3.63, 3.8) is 0 Å². The fraction of sp³-hybridized carbons (Fsp3) is 0.562. The number of aryl methyl sites for hydroxylation is 2. The summed E-state index contributed by atoms with van der Waals surface area (Å²) in [6.07, 6.45) is 1.05. The highest BCUT2D eigenvalue weighted by Gasteiger charge is 2.21. The van der Waals surface area contributed by atoms with Crippen molar-refractivity contribution in [1.29, 1.82) is 0 Å². The Balaban J connectivity index is 2.68. The molecule has 24 heavy (non-hydrogen) atoms. The molecule has 0 radical (unpaired) electrons. The lowest BCUT2D eigenvalue weighted by atomic mass is 10.3. The van der Waals surface area contributed by atoms with Gasteiger partial charge in [-0.25, -0.2) is 4.79 Å². The number of rotatable bonds is 6. The van der Waals surface area contributed by atoms with Crippen molar-refractivity contribution < 1.29 is 9.90 Å². The van der Waals surface area contributed by atoms with Crippen LogP contribution in [0.1, 0.15) is 37.2 Å². The number of unbranched alkanes of at least 4 members (excludes halogenated alkanes) is 1. The van der Waals surface area contributed by atoms with Crippen LogP contribution in [-0.4, -0.2) is 37.4 Å². The maximum absolute atomic E-state index is 12.5. The Morgan fingerprint density at radius 3 is 2.54 bits per heavy atom. The minimum Gasteiger partial charge on any atom is -0.392 e. The van der Waals surface area contributed by atoms with Gasteiger partial charge in [0, 0.05) is 27.2 Å². The number of nitrogens with zero attached hydrogens (tertiary/aromatic N) is 3. The van der Waals surface area contributed by atoms with E-state index in [0.717, 1.165) is 17.4 Å². The average Bonchev–Trinajstić information content (AvgIpc) is 2.93. The van der Waals surface area contributed by atoms with Gasteiger partial charge in [-0.05, 0) is 19.4 Å². The summed E-state index contributed by atoms with van der Waals surface area (Å²) in [7, 11) is 3.00. The molecule has 2 N–H and O–H groups in total. The first-order valence-electron chi connectivity index (χ1n) is 8.05. The number of aliphatic hydroxyl groups excluding tert-OH is 1. The Kier molecular flexibility index (Phi) is 5.28. The number of aromatic nitrogens is 3. The largest absolute Gasteiger partial charge is 0.392 e. The average molecular weight is 336 g/mol. The van der Waals surface area contributed by atoms with Crippen LogP contribution in [0, 0.1) is 0 Å². The smallest absolute Gasteiger partial charge is 0.332 e. The second-order valence-corrected chi connectivity index (χ2v) is 6.04. The lowest BCUT2D eigenvalue weighted by Crippen LogP contribution is -2.37. The number of carbonyl (C=O) groups is 1. The Hall–Kier alpha value is -2.35. The van der Waals surface area contributed by atoms with Crippen LogP contribution in [0.2, 0.25) is 0 Å². The van der Waals surface area contributed by atoms with Crippen molar-refractivity contribution >= 4 is 16.9 Å². The summed E-state index contributed by atoms with van der Waals surface area (Å²) >= 11 is 0. The van der Waals surface area contributed by atoms with Crippen molar-refractivity contribution in [2.45, 2.75) is 39.3 Å². The Bertz CT molecular complexity index is 873. The van der Waals surface area contributed by atoms with Crippen LogP contribution in [0.4, 0.5) is 0 Å². The molecule has 0 aliphatic carbocycles. The van der Waals surface area contributed by atoms with Crippen LogP contribution in [-0.2, 0) is 20.6 Å². The van der Waals surface area contributed by atoms with E-state index in [9.17, 15) is 19.5 Å². The SMILES string of the molecule is CCCCn1c(C(=O)NCC(C)O)cc2c(=O)n(C)c(=O)n(C)c21. The third-order valence-electron chi connectivity index (χ3n) is 4.02. The number of hydrogen-bond acceptors (Lipinski definition) is 4. The molecule has 2 aromatic rings. The van der Waals surface area contributed by atoms with E-state index < -0.39 is 17.4 Å². The van der Waals surface area contributed by atoms with Crippen LogP contribution in [0.15, 0.2) is 15.7 Å². The zero-order valence-corrected chi connectivity index (χ0v) is 14.5. The van der Waals surface area contributed by atoms with Crippen molar-refractivity contribution in [2.24, 2.45) is 14.1 Å². The van der Waals surface area contributed by atoms with E-state index in [0.29, 0.717) is 23.3 Å². The van der Waals surface area contributed by atoms with Crippen molar-refractivity contribution in [1.82, 2.24) is 19.0 Å². The first-order valence-corrected chi connectivity index (χ1v) is 8.05. The van der Waals surface area contributed by atoms with Gasteiger partial charge >= 0.3 is 5.69 Å². The minimum atomic E-state index is -0.667. The second-order valence-electron chi connectivity index (χ2n) is 6.04. The van der Waals surface area contributed by atoms with E-state index in [2.05, 4.69) is 5.32 Å². The Labute approximate surface area is 139 Å². The predicted octanol–water partition coefficient (Wildman–Crippen LogP) is -0.0506. The van der Waals surface area contributed by atoms with Crippen LogP contribution in [0.3, 0.4) is 0 Å². The molecule has 0 aromatic carbocycles. The maximum Gasteiger partial charge on any atom is 0.332 e. The summed E-state index contributed by atoms with van der Waals surface area (Å²) < 4.78 is 4.13. The van der Waals surface area contributed by atoms with Gasteiger partial charge in [0.2, 0.25) is 0 Å². The van der Waals surface area contributed by atoms with Gasteiger partial charge in [0.1, 0.15) is 11.3 Å². The van der Waals surface area contributed by atoms with Crippen LogP contribution in [0.5, 0.6) is 0 Å². The fourth-order valence-electron chi connectivity index (χ4n) is 2.70. The molecule has 1 atom stereocenters. The molecule has 2 heterocycles. The van der Waals surface area contributed by atoms with Crippen LogP contribution < -0.4 is 16.6 Å². The summed E-state index contributed by atoms with van der Waals surface area (Å²) in [4.78, 5) is 37.1. The van der Waals surface area contributed by atoms with Gasteiger partial charge in [0.05, 0.1) is 11.5 Å². The summed E-state index contributed by atoms with van der Waals surface area (Å²) in [5.41, 5.74) is -0.0941. The zero-order valence-electron chi connectivity index (χ0n) is 14.5. The molecular weight excluding hydrogens is 312 g/mol. The maximum atomic E-state index is 12.5. The molecule has 8 heteroatoms. The zero-order chi connectivity index (χ0) is 18.0. The van der Waals surface area contributed by atoms with Gasteiger partial charge < -0.3 is 15.0 Å². The Morgan fingerprint density at radius 2 is 1.96 bits per heavy atom. The van der Waals surface area contributed by atoms with Gasteiger partial charge in [-0.3, -0.25) is 18.7 Å². The van der Waals surface area contributed by atoms with Gasteiger partial charge in [-0.2, -0.15) is 0 Å². The number of nitrogens with one attached hydrogen (secondary N) is 1. The quantitative estimate of drug-likeness (QED) is 0.773. The third-order valence-corrected chi connectivity index (χ3v) is 4.02. The molecule has 0 aliphatic heterocycles. The number of amides is 1. The van der Waals surface area contributed by atoms with E-state index >= 15 is 0 Å². The number of hydrogen-bond donors (Lipinski definition) is 2. The number of carbonyl (C=O) groups excluding carboxylic acids is 1. The lowest BCUT2D eigenvalue weighted by Gasteiger charge is -2.13. The highest BCUT2D eigenvalue weighted by Crippen LogP contribution is 2.17. The minimum absolute atomic E-state index is 0.116. The molecule has 0 saturated heterocycles. The summed E-state index contributed by atoms with van der Waals surface area (Å²) in [6, 6.07) is 1.52. The summed E-state index contributed by atoms with van der Waals surface area (Å²) in [5.74, 6) is -0.377. The van der Waals surface area contributed by atoms with Crippen molar-refractivity contribution in [3.05, 3.63) is 32.6 Å². The van der Waals surface area contributed by atoms with Gasteiger partial charge in [0.25, 0.3) is 11.5 Å². The molecular formula is C16H24N4O4. The molecule has 2 rings (SSSR count). The summed E-state index contributed by atoms with van der Waals surface area (Å²) in [6.45, 7) is 4.24. The molecule has 0 bridgehead atoms. The van der Waals surface area contributed by atoms with Crippen molar-refractivity contribution in [2.75, 3.05) is 6.54 Å². The Morgan fingerprint density at radius 1 is 1.29 bits per heavy atom. The molecule has 0 spiro atoms. The van der Waals surface area contributed by atoms with Gasteiger partial charge in [-0.1, -0.05) is 13.3 Å². The molecule has 2 aromatic heterocycles. The van der Waals surface area contributed by atoms with Gasteiger partial charge in [-0.15, -0.1) is 0 Å². The lowest BCUT2D eigenvalue weighted by molar-refractivity contribution is 0.0915. The van der Waals surface area contributed by atoms with Crippen molar-refractivity contribution in [3.8, 4) is 0 Å². The highest BCUT2D eigenvalue weighted by molar-refractivity contribution is 5.97. The van der Waals surface area contributed by atoms with Crippen LogP contribution in [0.25, 0.3) is 11.0 Å². The highest BCUT2D eigenvalue weighted by atomic mass is 16.3. The molecule has 132 valence electrons. The van der Waals surface area contributed by atoms with E-state index in [1.54, 1.807) is 18.5 Å². The first-order chi connectivity index (χ1) is 11.3. The molecule has 0 saturated carbocycles. The van der Waals surface area contributed by atoms with E-state index in [1.807, 2.05) is 6.92 Å². The van der Waals surface area contributed by atoms with Crippen LogP contribution >= 0.6 is 0 Å². The molecule has 0 fully saturated rings. The monoisotopic (exact) mass is 336 g/mol. The predicted molar refractivity (Wildman–Crippen MR) is 91.3 cm³/mol.